The van der Waals surface area contributed by atoms with Crippen LogP contribution in [0.4, 0.5) is 0 Å². The van der Waals surface area contributed by atoms with Crippen LogP contribution in [0.3, 0.4) is 0 Å². The summed E-state index contributed by atoms with van der Waals surface area (Å²) in [6, 6.07) is 3.53. The lowest BCUT2D eigenvalue weighted by Gasteiger charge is -2.24. The molecule has 0 unspecified atom stereocenters. The largest absolute Gasteiger partial charge is 0.456 e. The van der Waals surface area contributed by atoms with Crippen molar-refractivity contribution in [1.82, 2.24) is 0 Å². The number of ether oxygens (including phenoxy) is 1. The smallest absolute Gasteiger partial charge is 0.342 e. The fourth-order valence-electron chi connectivity index (χ4n) is 2.02. The Bertz CT molecular complexity index is 559. The van der Waals surface area contributed by atoms with E-state index in [1.807, 2.05) is 26.8 Å². The summed E-state index contributed by atoms with van der Waals surface area (Å²) in [7, 11) is 0. The number of aryl methyl sites for hydroxylation is 1. The van der Waals surface area contributed by atoms with Gasteiger partial charge in [0, 0.05) is 5.56 Å². The van der Waals surface area contributed by atoms with E-state index in [1.54, 1.807) is 6.07 Å². The maximum atomic E-state index is 12.1. The Morgan fingerprint density at radius 1 is 1.28 bits per heavy atom. The molecular weight excluding hydrogens is 232 g/mol. The Kier molecular flexibility index (Phi) is 3.20. The summed E-state index contributed by atoms with van der Waals surface area (Å²) in [6.07, 6.45) is 1.79. The molecule has 1 aromatic carbocycles. The summed E-state index contributed by atoms with van der Waals surface area (Å²) < 4.78 is 15.3. The third-order valence-electron chi connectivity index (χ3n) is 2.96. The lowest BCUT2D eigenvalue weighted by molar-refractivity contribution is -0.00574. The number of hydrogen-bond acceptors (Lipinski definition) is 4. The van der Waals surface area contributed by atoms with Crippen LogP contribution in [-0.4, -0.2) is 11.6 Å². The highest BCUT2D eigenvalue weighted by atomic mass is 17.0. The van der Waals surface area contributed by atoms with Crippen molar-refractivity contribution in [3.63, 3.8) is 0 Å². The molecule has 0 fully saturated rings. The molecule has 2 aromatic rings. The zero-order chi connectivity index (χ0) is 13.3. The van der Waals surface area contributed by atoms with Crippen LogP contribution in [0.15, 0.2) is 21.3 Å². The Labute approximate surface area is 106 Å². The molecule has 0 spiro atoms. The molecule has 0 amide bonds. The van der Waals surface area contributed by atoms with Crippen molar-refractivity contribution in [3.8, 4) is 0 Å². The van der Waals surface area contributed by atoms with E-state index in [-0.39, 0.29) is 5.97 Å². The standard InChI is InChI=1S/C14H18O4/c1-5-8-14(3,4)16-13(15)10-7-6-9(2)11-12(10)18-17-11/h6-7H,5,8H2,1-4H3. The molecule has 0 bridgehead atoms. The molecule has 0 aliphatic carbocycles. The third kappa shape index (κ3) is 2.28. The monoisotopic (exact) mass is 250 g/mol. The van der Waals surface area contributed by atoms with E-state index < -0.39 is 5.60 Å². The van der Waals surface area contributed by atoms with E-state index in [2.05, 4.69) is 6.92 Å². The fourth-order valence-corrected chi connectivity index (χ4v) is 2.02. The molecular formula is C14H18O4. The molecule has 4 heteroatoms. The van der Waals surface area contributed by atoms with Gasteiger partial charge in [0.05, 0.1) is 0 Å². The predicted molar refractivity (Wildman–Crippen MR) is 67.6 cm³/mol. The first-order valence-corrected chi connectivity index (χ1v) is 6.16. The number of rotatable bonds is 4. The van der Waals surface area contributed by atoms with Gasteiger partial charge in [-0.3, -0.25) is 9.15 Å². The number of carbonyl (C=O) groups excluding carboxylic acids is 1. The van der Waals surface area contributed by atoms with Crippen LogP contribution in [-0.2, 0) is 4.74 Å². The van der Waals surface area contributed by atoms with Crippen LogP contribution in [0.2, 0.25) is 0 Å². The van der Waals surface area contributed by atoms with Crippen LogP contribution in [0.5, 0.6) is 0 Å². The van der Waals surface area contributed by atoms with Gasteiger partial charge in [0.25, 0.3) is 0 Å². The predicted octanol–water partition coefficient (Wildman–Crippen LogP) is 4.07. The molecule has 2 rings (SSSR count). The summed E-state index contributed by atoms with van der Waals surface area (Å²) in [6.45, 7) is 7.78. The van der Waals surface area contributed by atoms with E-state index in [9.17, 15) is 4.79 Å². The molecule has 1 aromatic heterocycles. The van der Waals surface area contributed by atoms with E-state index in [0.29, 0.717) is 16.7 Å². The maximum Gasteiger partial charge on any atom is 0.342 e. The van der Waals surface area contributed by atoms with Crippen molar-refractivity contribution in [1.29, 1.82) is 0 Å². The van der Waals surface area contributed by atoms with Crippen LogP contribution >= 0.6 is 0 Å². The first kappa shape index (κ1) is 12.7. The molecule has 0 saturated heterocycles. The summed E-state index contributed by atoms with van der Waals surface area (Å²) in [5.74, 6) is -0.368. The molecule has 0 radical (unpaired) electrons. The molecule has 0 saturated carbocycles. The molecule has 98 valence electrons. The number of carbonyl (C=O) groups is 1. The molecule has 0 aliphatic heterocycles. The molecule has 1 heterocycles. The topological polar surface area (TPSA) is 52.6 Å². The van der Waals surface area contributed by atoms with Gasteiger partial charge in [0.15, 0.2) is 0 Å². The van der Waals surface area contributed by atoms with Gasteiger partial charge in [-0.1, -0.05) is 19.4 Å². The normalized spacial score (nSPS) is 12.0. The zero-order valence-electron chi connectivity index (χ0n) is 11.2. The minimum Gasteiger partial charge on any atom is -0.456 e. The molecule has 0 atom stereocenters. The summed E-state index contributed by atoms with van der Waals surface area (Å²) in [4.78, 5) is 12.1. The Morgan fingerprint density at radius 3 is 2.50 bits per heavy atom. The van der Waals surface area contributed by atoms with Gasteiger partial charge in [-0.15, -0.1) is 0 Å². The van der Waals surface area contributed by atoms with E-state index in [0.717, 1.165) is 18.4 Å². The second-order valence-electron chi connectivity index (χ2n) is 5.15. The van der Waals surface area contributed by atoms with Gasteiger partial charge >= 0.3 is 5.97 Å². The highest BCUT2D eigenvalue weighted by Gasteiger charge is 2.26. The summed E-state index contributed by atoms with van der Waals surface area (Å²) >= 11 is 0. The highest BCUT2D eigenvalue weighted by molar-refractivity contribution is 6.01. The zero-order valence-corrected chi connectivity index (χ0v) is 11.2. The third-order valence-corrected chi connectivity index (χ3v) is 2.96. The highest BCUT2D eigenvalue weighted by Crippen LogP contribution is 2.28. The first-order chi connectivity index (χ1) is 8.44. The van der Waals surface area contributed by atoms with Gasteiger partial charge < -0.3 is 4.74 Å². The molecule has 0 aliphatic rings. The van der Waals surface area contributed by atoms with Crippen LogP contribution in [0, 0.1) is 6.92 Å². The Morgan fingerprint density at radius 2 is 1.94 bits per heavy atom. The van der Waals surface area contributed by atoms with Crippen molar-refractivity contribution >= 4 is 17.1 Å². The number of fused-ring (bicyclic) bond motifs is 1. The minimum absolute atomic E-state index is 0.368. The van der Waals surface area contributed by atoms with Crippen LogP contribution < -0.4 is 0 Å². The summed E-state index contributed by atoms with van der Waals surface area (Å²) in [5, 5.41) is 0. The van der Waals surface area contributed by atoms with Crippen molar-refractivity contribution in [2.45, 2.75) is 46.1 Å². The molecule has 18 heavy (non-hydrogen) atoms. The maximum absolute atomic E-state index is 12.1. The van der Waals surface area contributed by atoms with Crippen LogP contribution in [0.25, 0.3) is 11.2 Å². The first-order valence-electron chi connectivity index (χ1n) is 6.16. The van der Waals surface area contributed by atoms with E-state index in [1.165, 1.54) is 0 Å². The van der Waals surface area contributed by atoms with Gasteiger partial charge in [-0.05, 0) is 33.3 Å². The fraction of sp³-hybridized carbons (Fsp3) is 0.500. The molecule has 0 N–H and O–H groups in total. The van der Waals surface area contributed by atoms with Crippen molar-refractivity contribution in [2.75, 3.05) is 0 Å². The lowest BCUT2D eigenvalue weighted by Crippen LogP contribution is -2.28. The van der Waals surface area contributed by atoms with Gasteiger partial charge in [0.1, 0.15) is 11.2 Å². The summed E-state index contributed by atoms with van der Waals surface area (Å²) in [5.41, 5.74) is 2.01. The second kappa shape index (κ2) is 4.52. The van der Waals surface area contributed by atoms with Crippen molar-refractivity contribution in [2.24, 2.45) is 0 Å². The van der Waals surface area contributed by atoms with Crippen molar-refractivity contribution in [3.05, 3.63) is 23.3 Å². The number of esters is 1. The Balaban J connectivity index is 2.23. The molecule has 4 nitrogen and oxygen atoms in total. The lowest BCUT2D eigenvalue weighted by atomic mass is 10.0. The minimum atomic E-state index is -0.464. The quantitative estimate of drug-likeness (QED) is 0.606. The Hall–Kier alpha value is -1.71. The van der Waals surface area contributed by atoms with Gasteiger partial charge in [-0.2, -0.15) is 0 Å². The average molecular weight is 250 g/mol. The van der Waals surface area contributed by atoms with Crippen molar-refractivity contribution < 1.29 is 18.7 Å². The van der Waals surface area contributed by atoms with E-state index >= 15 is 0 Å². The van der Waals surface area contributed by atoms with Gasteiger partial charge in [-0.25, -0.2) is 4.79 Å². The average Bonchev–Trinajstić information content (AvgIpc) is 2.19. The van der Waals surface area contributed by atoms with E-state index in [4.69, 9.17) is 13.9 Å². The second-order valence-corrected chi connectivity index (χ2v) is 5.15. The number of hydrogen-bond donors (Lipinski definition) is 0. The van der Waals surface area contributed by atoms with Crippen LogP contribution in [0.1, 0.15) is 49.5 Å². The van der Waals surface area contributed by atoms with Gasteiger partial charge in [0.2, 0.25) is 11.2 Å². The SMILES string of the molecule is CCCC(C)(C)OC(=O)c1ccc(C)c2ooc12. The number of benzene rings is 1.